The molecule has 1 aromatic carbocycles. The van der Waals surface area contributed by atoms with Crippen molar-refractivity contribution in [2.75, 3.05) is 0 Å². The quantitative estimate of drug-likeness (QED) is 0.648. The third-order valence-corrected chi connectivity index (χ3v) is 3.57. The zero-order valence-corrected chi connectivity index (χ0v) is 11.2. The molecule has 1 aliphatic rings. The van der Waals surface area contributed by atoms with Gasteiger partial charge in [0.15, 0.2) is 0 Å². The van der Waals surface area contributed by atoms with Crippen LogP contribution in [0.5, 0.6) is 5.75 Å². The second-order valence-electron chi connectivity index (χ2n) is 5.06. The van der Waals surface area contributed by atoms with Gasteiger partial charge in [0, 0.05) is 11.5 Å². The molecule has 2 N–H and O–H groups in total. The second kappa shape index (κ2) is 6.36. The van der Waals surface area contributed by atoms with Crippen LogP contribution in [-0.2, 0) is 4.79 Å². The summed E-state index contributed by atoms with van der Waals surface area (Å²) >= 11 is 0. The van der Waals surface area contributed by atoms with Crippen LogP contribution in [0.25, 0.3) is 0 Å². The Morgan fingerprint density at radius 1 is 1.32 bits per heavy atom. The maximum atomic E-state index is 11.9. The van der Waals surface area contributed by atoms with Gasteiger partial charge in [0.2, 0.25) is 5.91 Å². The fourth-order valence-corrected chi connectivity index (χ4v) is 2.39. The lowest BCUT2D eigenvalue weighted by molar-refractivity contribution is -0.125. The van der Waals surface area contributed by atoms with E-state index in [4.69, 9.17) is 0 Å². The van der Waals surface area contributed by atoms with Crippen molar-refractivity contribution < 1.29 is 9.90 Å². The van der Waals surface area contributed by atoms with Gasteiger partial charge in [0.1, 0.15) is 5.75 Å². The summed E-state index contributed by atoms with van der Waals surface area (Å²) in [7, 11) is 0. The molecule has 1 amide bonds. The van der Waals surface area contributed by atoms with Crippen LogP contribution in [0.2, 0.25) is 0 Å². The van der Waals surface area contributed by atoms with Gasteiger partial charge in [-0.25, -0.2) is 5.43 Å². The minimum Gasteiger partial charge on any atom is -0.508 e. The number of amides is 1. The van der Waals surface area contributed by atoms with E-state index in [1.54, 1.807) is 18.2 Å². The van der Waals surface area contributed by atoms with E-state index in [2.05, 4.69) is 10.5 Å². The van der Waals surface area contributed by atoms with Crippen LogP contribution in [0, 0.1) is 5.92 Å². The van der Waals surface area contributed by atoms with Crippen LogP contribution >= 0.6 is 0 Å². The van der Waals surface area contributed by atoms with Gasteiger partial charge in [-0.3, -0.25) is 4.79 Å². The summed E-state index contributed by atoms with van der Waals surface area (Å²) in [5, 5.41) is 13.5. The molecule has 0 atom stereocenters. The molecule has 4 heteroatoms. The molecule has 19 heavy (non-hydrogen) atoms. The van der Waals surface area contributed by atoms with Crippen LogP contribution in [0.15, 0.2) is 29.4 Å². The van der Waals surface area contributed by atoms with Gasteiger partial charge in [0.05, 0.1) is 5.71 Å². The smallest absolute Gasteiger partial charge is 0.243 e. The molecule has 0 aliphatic heterocycles. The number of nitrogens with one attached hydrogen (secondary N) is 1. The number of nitrogens with zero attached hydrogens (tertiary/aromatic N) is 1. The van der Waals surface area contributed by atoms with E-state index in [0.717, 1.165) is 31.2 Å². The van der Waals surface area contributed by atoms with Gasteiger partial charge >= 0.3 is 0 Å². The molecule has 0 spiro atoms. The molecule has 0 aromatic heterocycles. The van der Waals surface area contributed by atoms with E-state index in [1.165, 1.54) is 6.42 Å². The van der Waals surface area contributed by atoms with Gasteiger partial charge < -0.3 is 5.11 Å². The van der Waals surface area contributed by atoms with E-state index in [0.29, 0.717) is 5.71 Å². The SMILES string of the molecule is C/C(=N/NC(=O)C1CCCCC1)c1cccc(O)c1. The Balaban J connectivity index is 1.95. The minimum absolute atomic E-state index is 0.0132. The number of aromatic hydroxyl groups is 1. The fourth-order valence-electron chi connectivity index (χ4n) is 2.39. The Bertz CT molecular complexity index is 477. The maximum Gasteiger partial charge on any atom is 0.243 e. The molecule has 1 aliphatic carbocycles. The van der Waals surface area contributed by atoms with E-state index in [-0.39, 0.29) is 17.6 Å². The van der Waals surface area contributed by atoms with Crippen molar-refractivity contribution in [3.05, 3.63) is 29.8 Å². The molecular weight excluding hydrogens is 240 g/mol. The number of phenolic OH excluding ortho intramolecular Hbond substituents is 1. The van der Waals surface area contributed by atoms with Crippen molar-refractivity contribution in [3.8, 4) is 5.75 Å². The zero-order chi connectivity index (χ0) is 13.7. The summed E-state index contributed by atoms with van der Waals surface area (Å²) in [4.78, 5) is 11.9. The molecule has 4 nitrogen and oxygen atoms in total. The normalized spacial score (nSPS) is 17.2. The molecule has 102 valence electrons. The molecule has 1 fully saturated rings. The van der Waals surface area contributed by atoms with Gasteiger partial charge in [-0.1, -0.05) is 31.4 Å². The Morgan fingerprint density at radius 2 is 2.05 bits per heavy atom. The van der Waals surface area contributed by atoms with Crippen LogP contribution in [0.1, 0.15) is 44.6 Å². The molecule has 0 unspecified atom stereocenters. The Labute approximate surface area is 113 Å². The van der Waals surface area contributed by atoms with Crippen molar-refractivity contribution in [2.45, 2.75) is 39.0 Å². The summed E-state index contributed by atoms with van der Waals surface area (Å²) in [5.74, 6) is 0.319. The highest BCUT2D eigenvalue weighted by atomic mass is 16.3. The number of carbonyl (C=O) groups is 1. The molecule has 0 radical (unpaired) electrons. The first-order valence-corrected chi connectivity index (χ1v) is 6.80. The zero-order valence-electron chi connectivity index (χ0n) is 11.2. The standard InChI is InChI=1S/C15H20N2O2/c1-11(13-8-5-9-14(18)10-13)16-17-15(19)12-6-3-2-4-7-12/h5,8-10,12,18H,2-4,6-7H2,1H3,(H,17,19)/b16-11-. The third kappa shape index (κ3) is 3.81. The maximum absolute atomic E-state index is 11.9. The number of rotatable bonds is 3. The fraction of sp³-hybridized carbons (Fsp3) is 0.467. The van der Waals surface area contributed by atoms with Crippen molar-refractivity contribution in [2.24, 2.45) is 11.0 Å². The van der Waals surface area contributed by atoms with E-state index in [1.807, 2.05) is 13.0 Å². The Kier molecular flexibility index (Phi) is 4.55. The van der Waals surface area contributed by atoms with Crippen LogP contribution in [-0.4, -0.2) is 16.7 Å². The summed E-state index contributed by atoms with van der Waals surface area (Å²) in [5.41, 5.74) is 4.14. The van der Waals surface area contributed by atoms with Gasteiger partial charge in [-0.15, -0.1) is 0 Å². The lowest BCUT2D eigenvalue weighted by Gasteiger charge is -2.19. The topological polar surface area (TPSA) is 61.7 Å². The summed E-state index contributed by atoms with van der Waals surface area (Å²) in [6.07, 6.45) is 5.43. The highest BCUT2D eigenvalue weighted by Crippen LogP contribution is 2.23. The first-order chi connectivity index (χ1) is 9.16. The summed E-state index contributed by atoms with van der Waals surface area (Å²) in [6, 6.07) is 6.85. The first-order valence-electron chi connectivity index (χ1n) is 6.80. The van der Waals surface area contributed by atoms with Crippen molar-refractivity contribution in [1.82, 2.24) is 5.43 Å². The number of carbonyl (C=O) groups excluding carboxylic acids is 1. The number of benzene rings is 1. The molecule has 0 bridgehead atoms. The number of phenols is 1. The van der Waals surface area contributed by atoms with E-state index >= 15 is 0 Å². The average molecular weight is 260 g/mol. The van der Waals surface area contributed by atoms with Crippen molar-refractivity contribution >= 4 is 11.6 Å². The first kappa shape index (κ1) is 13.6. The summed E-state index contributed by atoms with van der Waals surface area (Å²) < 4.78 is 0. The largest absolute Gasteiger partial charge is 0.508 e. The highest BCUT2D eigenvalue weighted by Gasteiger charge is 2.20. The van der Waals surface area contributed by atoms with Crippen LogP contribution in [0.3, 0.4) is 0 Å². The van der Waals surface area contributed by atoms with Crippen LogP contribution in [0.4, 0.5) is 0 Å². The molecule has 0 saturated heterocycles. The highest BCUT2D eigenvalue weighted by molar-refractivity contribution is 5.99. The van der Waals surface area contributed by atoms with Gasteiger partial charge in [-0.05, 0) is 31.9 Å². The third-order valence-electron chi connectivity index (χ3n) is 3.57. The molecule has 1 aromatic rings. The number of hydrazone groups is 1. The summed E-state index contributed by atoms with van der Waals surface area (Å²) in [6.45, 7) is 1.82. The average Bonchev–Trinajstić information content (AvgIpc) is 2.45. The van der Waals surface area contributed by atoms with E-state index in [9.17, 15) is 9.90 Å². The molecule has 0 heterocycles. The minimum atomic E-state index is 0.0132. The lowest BCUT2D eigenvalue weighted by Crippen LogP contribution is -2.29. The van der Waals surface area contributed by atoms with Gasteiger partial charge in [-0.2, -0.15) is 5.10 Å². The molecule has 1 saturated carbocycles. The van der Waals surface area contributed by atoms with E-state index < -0.39 is 0 Å². The predicted octanol–water partition coefficient (Wildman–Crippen LogP) is 2.81. The molecule has 2 rings (SSSR count). The Morgan fingerprint density at radius 3 is 2.74 bits per heavy atom. The number of hydrogen-bond acceptors (Lipinski definition) is 3. The van der Waals surface area contributed by atoms with Crippen LogP contribution < -0.4 is 5.43 Å². The number of hydrogen-bond donors (Lipinski definition) is 2. The second-order valence-corrected chi connectivity index (χ2v) is 5.06. The molecular formula is C15H20N2O2. The lowest BCUT2D eigenvalue weighted by atomic mass is 9.89. The van der Waals surface area contributed by atoms with Gasteiger partial charge in [0.25, 0.3) is 0 Å². The van der Waals surface area contributed by atoms with Crippen molar-refractivity contribution in [3.63, 3.8) is 0 Å². The van der Waals surface area contributed by atoms with Crippen molar-refractivity contribution in [1.29, 1.82) is 0 Å². The Hall–Kier alpha value is -1.84. The predicted molar refractivity (Wildman–Crippen MR) is 75.0 cm³/mol. The monoisotopic (exact) mass is 260 g/mol.